The first kappa shape index (κ1) is 11.3. The van der Waals surface area contributed by atoms with E-state index in [1.807, 2.05) is 36.4 Å². The van der Waals surface area contributed by atoms with Crippen LogP contribution in [-0.2, 0) is 19.5 Å². The second-order valence-electron chi connectivity index (χ2n) is 2.13. The van der Waals surface area contributed by atoms with Crippen LogP contribution in [0.25, 0.3) is 10.9 Å². The van der Waals surface area contributed by atoms with Crippen molar-refractivity contribution >= 4 is 10.9 Å². The number of hydrogen-bond acceptors (Lipinski definition) is 1. The van der Waals surface area contributed by atoms with Crippen LogP contribution in [0, 0.1) is 13.6 Å². The van der Waals surface area contributed by atoms with Crippen LogP contribution >= 0.6 is 0 Å². The topological polar surface area (TPSA) is 12.9 Å². The summed E-state index contributed by atoms with van der Waals surface area (Å²) in [7, 11) is 0. The van der Waals surface area contributed by atoms with Gasteiger partial charge < -0.3 is 12.4 Å². The molecule has 0 aliphatic heterocycles. The minimum Gasteiger partial charge on any atom is -0.386 e. The number of nitrogens with zero attached hydrogens (tertiary/aromatic N) is 1. The standard InChI is InChI=1S/C9H6N.CH3.Zn/c1-2-6-9-8(4-1)5-3-7-10-9;;/h1-6H;1H3;/q2*-1;+2. The van der Waals surface area contributed by atoms with Crippen LogP contribution in [0.2, 0.25) is 0 Å². The number of fused-ring (bicyclic) bond motifs is 1. The molecule has 1 heterocycles. The van der Waals surface area contributed by atoms with Crippen molar-refractivity contribution in [1.29, 1.82) is 0 Å². The maximum Gasteiger partial charge on any atom is 2.00 e. The van der Waals surface area contributed by atoms with Gasteiger partial charge in [-0.1, -0.05) is 30.5 Å². The molecule has 0 saturated carbocycles. The third kappa shape index (κ3) is 2.12. The fraction of sp³-hybridized carbons (Fsp3) is 0. The third-order valence-electron chi connectivity index (χ3n) is 1.46. The monoisotopic (exact) mass is 207 g/mol. The molecule has 0 fully saturated rings. The Balaban J connectivity index is 0.000000605. The van der Waals surface area contributed by atoms with Gasteiger partial charge in [0.2, 0.25) is 0 Å². The summed E-state index contributed by atoms with van der Waals surface area (Å²) in [5.74, 6) is 0. The molecule has 0 bridgehead atoms. The second kappa shape index (κ2) is 5.00. The Bertz CT molecular complexity index is 281. The first-order valence-corrected chi connectivity index (χ1v) is 3.19. The van der Waals surface area contributed by atoms with E-state index in [2.05, 4.69) is 11.2 Å². The molecule has 0 N–H and O–H groups in total. The summed E-state index contributed by atoms with van der Waals surface area (Å²) in [6, 6.07) is 11.8. The van der Waals surface area contributed by atoms with Crippen LogP contribution in [-0.4, -0.2) is 4.98 Å². The minimum atomic E-state index is 0. The van der Waals surface area contributed by atoms with Gasteiger partial charge in [0.25, 0.3) is 0 Å². The quantitative estimate of drug-likeness (QED) is 0.479. The maximum absolute atomic E-state index is 4.06. The van der Waals surface area contributed by atoms with Gasteiger partial charge in [-0.3, -0.25) is 0 Å². The molecule has 0 spiro atoms. The van der Waals surface area contributed by atoms with Gasteiger partial charge in [-0.25, -0.2) is 0 Å². The zero-order chi connectivity index (χ0) is 6.81. The van der Waals surface area contributed by atoms with Gasteiger partial charge in [0.05, 0.1) is 0 Å². The van der Waals surface area contributed by atoms with E-state index in [1.54, 1.807) is 0 Å². The van der Waals surface area contributed by atoms with Gasteiger partial charge in [0.1, 0.15) is 0 Å². The summed E-state index contributed by atoms with van der Waals surface area (Å²) in [5, 5.41) is 1.17. The molecule has 0 aliphatic carbocycles. The smallest absolute Gasteiger partial charge is 0.386 e. The van der Waals surface area contributed by atoms with Crippen molar-refractivity contribution in [2.24, 2.45) is 0 Å². The van der Waals surface area contributed by atoms with Gasteiger partial charge in [-0.2, -0.15) is 12.1 Å². The van der Waals surface area contributed by atoms with Crippen molar-refractivity contribution in [3.05, 3.63) is 50.0 Å². The molecule has 0 unspecified atom stereocenters. The Hall–Kier alpha value is -0.747. The van der Waals surface area contributed by atoms with E-state index in [4.69, 9.17) is 0 Å². The van der Waals surface area contributed by atoms with E-state index in [0.717, 1.165) is 5.52 Å². The van der Waals surface area contributed by atoms with Gasteiger partial charge >= 0.3 is 19.5 Å². The van der Waals surface area contributed by atoms with Crippen molar-refractivity contribution in [1.82, 2.24) is 4.98 Å². The third-order valence-corrected chi connectivity index (χ3v) is 1.46. The Morgan fingerprint density at radius 2 is 1.83 bits per heavy atom. The summed E-state index contributed by atoms with van der Waals surface area (Å²) < 4.78 is 0. The average molecular weight is 209 g/mol. The Kier molecular flexibility index (Phi) is 4.69. The molecule has 0 amide bonds. The molecule has 1 aromatic carbocycles. The Labute approximate surface area is 85.6 Å². The summed E-state index contributed by atoms with van der Waals surface area (Å²) in [5.41, 5.74) is 1.00. The van der Waals surface area contributed by atoms with Crippen molar-refractivity contribution in [3.8, 4) is 0 Å². The molecule has 0 radical (unpaired) electrons. The normalized spacial score (nSPS) is 8.33. The molecule has 56 valence electrons. The van der Waals surface area contributed by atoms with Crippen LogP contribution in [0.15, 0.2) is 36.4 Å². The Morgan fingerprint density at radius 3 is 2.58 bits per heavy atom. The van der Waals surface area contributed by atoms with Crippen LogP contribution in [0.5, 0.6) is 0 Å². The van der Waals surface area contributed by atoms with Gasteiger partial charge in [0, 0.05) is 0 Å². The summed E-state index contributed by atoms with van der Waals surface area (Å²) in [6.45, 7) is 0. The van der Waals surface area contributed by atoms with E-state index < -0.39 is 0 Å². The van der Waals surface area contributed by atoms with Crippen molar-refractivity contribution in [2.45, 2.75) is 0 Å². The van der Waals surface area contributed by atoms with E-state index in [1.165, 1.54) is 5.39 Å². The summed E-state index contributed by atoms with van der Waals surface area (Å²) in [6.07, 6.45) is 2.79. The molecular weight excluding hydrogens is 200 g/mol. The first-order valence-electron chi connectivity index (χ1n) is 3.19. The SMILES string of the molecule is [CH3-].[Zn+2].[c-]1ccc2ccccc2n1. The molecule has 1 aromatic heterocycles. The molecule has 12 heavy (non-hydrogen) atoms. The number of pyridine rings is 1. The Morgan fingerprint density at radius 1 is 1.08 bits per heavy atom. The van der Waals surface area contributed by atoms with Gasteiger partial charge in [0.15, 0.2) is 0 Å². The number of aromatic nitrogens is 1. The van der Waals surface area contributed by atoms with Crippen LogP contribution in [0.1, 0.15) is 0 Å². The summed E-state index contributed by atoms with van der Waals surface area (Å²) in [4.78, 5) is 4.06. The molecule has 0 aliphatic rings. The van der Waals surface area contributed by atoms with Crippen LogP contribution < -0.4 is 0 Å². The van der Waals surface area contributed by atoms with Crippen molar-refractivity contribution < 1.29 is 19.5 Å². The van der Waals surface area contributed by atoms with E-state index >= 15 is 0 Å². The van der Waals surface area contributed by atoms with Crippen molar-refractivity contribution in [3.63, 3.8) is 0 Å². The molecule has 0 saturated heterocycles. The maximum atomic E-state index is 4.06. The van der Waals surface area contributed by atoms with E-state index in [-0.39, 0.29) is 26.9 Å². The average Bonchev–Trinajstić information content (AvgIpc) is 2.05. The predicted octanol–water partition coefficient (Wildman–Crippen LogP) is 2.48. The summed E-state index contributed by atoms with van der Waals surface area (Å²) >= 11 is 0. The predicted molar refractivity (Wildman–Crippen MR) is 47.0 cm³/mol. The van der Waals surface area contributed by atoms with Crippen LogP contribution in [0.3, 0.4) is 0 Å². The second-order valence-corrected chi connectivity index (χ2v) is 2.13. The number of para-hydroxylation sites is 1. The number of benzene rings is 1. The van der Waals surface area contributed by atoms with E-state index in [0.29, 0.717) is 0 Å². The zero-order valence-electron chi connectivity index (χ0n) is 7.12. The fourth-order valence-electron chi connectivity index (χ4n) is 0.964. The minimum absolute atomic E-state index is 0. The molecule has 2 aromatic rings. The molecule has 2 heteroatoms. The molecule has 0 atom stereocenters. The fourth-order valence-corrected chi connectivity index (χ4v) is 0.964. The van der Waals surface area contributed by atoms with Gasteiger partial charge in [-0.15, -0.1) is 5.39 Å². The van der Waals surface area contributed by atoms with Gasteiger partial charge in [-0.05, 0) is 5.52 Å². The molecular formula is C10H9NZn. The first-order chi connectivity index (χ1) is 4.97. The zero-order valence-corrected chi connectivity index (χ0v) is 10.1. The van der Waals surface area contributed by atoms with E-state index in [9.17, 15) is 0 Å². The van der Waals surface area contributed by atoms with Crippen molar-refractivity contribution in [2.75, 3.05) is 0 Å². The molecule has 1 nitrogen and oxygen atoms in total. The number of hydrogen-bond donors (Lipinski definition) is 0. The number of rotatable bonds is 0. The largest absolute Gasteiger partial charge is 2.00 e. The molecule has 2 rings (SSSR count). The van der Waals surface area contributed by atoms with Crippen LogP contribution in [0.4, 0.5) is 0 Å².